The van der Waals surface area contributed by atoms with Crippen LogP contribution in [0.2, 0.25) is 0 Å². The van der Waals surface area contributed by atoms with Crippen LogP contribution in [0.3, 0.4) is 0 Å². The summed E-state index contributed by atoms with van der Waals surface area (Å²) in [6.45, 7) is 7.02. The van der Waals surface area contributed by atoms with Crippen LogP contribution in [0.5, 0.6) is 0 Å². The highest BCUT2D eigenvalue weighted by Crippen LogP contribution is 2.36. The minimum Gasteiger partial charge on any atom is -0.498 e. The van der Waals surface area contributed by atoms with Gasteiger partial charge in [0.15, 0.2) is 11.7 Å². The minimum absolute atomic E-state index is 0.0523. The third-order valence-electron chi connectivity index (χ3n) is 5.75. The Morgan fingerprint density at radius 2 is 1.69 bits per heavy atom. The summed E-state index contributed by atoms with van der Waals surface area (Å²) < 4.78 is 44.8. The molecule has 2 aliphatic rings. The standard InChI is InChI=1S/C21H34F2O3/c1-5-16-6-8-17(9-7-16)26-13-15(3)25-12-14(2)18-10-11-19(24-4)21(23)20(18)22/h14-17H,5-13H2,1-4H3. The van der Waals surface area contributed by atoms with E-state index >= 15 is 0 Å². The maximum Gasteiger partial charge on any atom is 0.196 e. The lowest BCUT2D eigenvalue weighted by molar-refractivity contribution is -0.0548. The number of hydrogen-bond donors (Lipinski definition) is 0. The minimum atomic E-state index is -0.861. The molecule has 2 rings (SSSR count). The van der Waals surface area contributed by atoms with Crippen molar-refractivity contribution in [3.63, 3.8) is 0 Å². The molecule has 1 fully saturated rings. The van der Waals surface area contributed by atoms with Gasteiger partial charge >= 0.3 is 0 Å². The molecule has 0 amide bonds. The number of halogens is 2. The van der Waals surface area contributed by atoms with Crippen LogP contribution in [0.25, 0.3) is 0 Å². The first kappa shape index (κ1) is 21.4. The second-order valence-electron chi connectivity index (χ2n) is 7.71. The Labute approximate surface area is 156 Å². The van der Waals surface area contributed by atoms with Gasteiger partial charge in [-0.1, -0.05) is 20.3 Å². The normalized spacial score (nSPS) is 26.8. The summed E-state index contributed by atoms with van der Waals surface area (Å²) in [5, 5.41) is 0. The molecule has 0 N–H and O–H groups in total. The van der Waals surface area contributed by atoms with Crippen molar-refractivity contribution in [3.05, 3.63) is 23.0 Å². The van der Waals surface area contributed by atoms with Gasteiger partial charge in [0.1, 0.15) is 5.76 Å². The summed E-state index contributed by atoms with van der Waals surface area (Å²) in [7, 11) is 1.37. The molecule has 0 aromatic carbocycles. The molecule has 0 heterocycles. The first-order valence-corrected chi connectivity index (χ1v) is 10.0. The highest BCUT2D eigenvalue weighted by molar-refractivity contribution is 5.33. The second-order valence-corrected chi connectivity index (χ2v) is 7.71. The van der Waals surface area contributed by atoms with Gasteiger partial charge in [0.2, 0.25) is 0 Å². The van der Waals surface area contributed by atoms with Gasteiger partial charge in [-0.05, 0) is 50.5 Å². The lowest BCUT2D eigenvalue weighted by Crippen LogP contribution is -2.27. The molecule has 0 aromatic heterocycles. The van der Waals surface area contributed by atoms with E-state index in [2.05, 4.69) is 6.92 Å². The van der Waals surface area contributed by atoms with Crippen LogP contribution in [0.15, 0.2) is 23.0 Å². The van der Waals surface area contributed by atoms with Crippen LogP contribution in [0.1, 0.15) is 65.7 Å². The summed E-state index contributed by atoms with van der Waals surface area (Å²) in [6.07, 6.45) is 7.19. The molecule has 0 bridgehead atoms. The molecule has 0 radical (unpaired) electrons. The molecular weight excluding hydrogens is 338 g/mol. The highest BCUT2D eigenvalue weighted by atomic mass is 19.2. The van der Waals surface area contributed by atoms with Crippen molar-refractivity contribution in [3.8, 4) is 0 Å². The smallest absolute Gasteiger partial charge is 0.196 e. The fourth-order valence-electron chi connectivity index (χ4n) is 3.82. The van der Waals surface area contributed by atoms with Gasteiger partial charge in [0.05, 0.1) is 32.5 Å². The van der Waals surface area contributed by atoms with Gasteiger partial charge in [-0.3, -0.25) is 0 Å². The van der Waals surface area contributed by atoms with Crippen molar-refractivity contribution < 1.29 is 23.0 Å². The molecule has 150 valence electrons. The molecule has 1 saturated carbocycles. The molecule has 5 heteroatoms. The molecule has 0 spiro atoms. The maximum atomic E-state index is 14.2. The monoisotopic (exact) mass is 372 g/mol. The SMILES string of the molecule is CCC1CCC(OCC(C)OCC(C)C2=C(F)C(F)=C(OC)CC2)CC1. The lowest BCUT2D eigenvalue weighted by atomic mass is 9.86. The van der Waals surface area contributed by atoms with Gasteiger partial charge in [-0.15, -0.1) is 0 Å². The van der Waals surface area contributed by atoms with Crippen LogP contribution in [-0.4, -0.2) is 32.5 Å². The lowest BCUT2D eigenvalue weighted by Gasteiger charge is -2.29. The molecule has 0 aliphatic heterocycles. The first-order valence-electron chi connectivity index (χ1n) is 10.0. The average Bonchev–Trinajstić information content (AvgIpc) is 2.66. The van der Waals surface area contributed by atoms with Crippen molar-refractivity contribution in [2.75, 3.05) is 20.3 Å². The number of rotatable bonds is 9. The Balaban J connectivity index is 1.73. The van der Waals surface area contributed by atoms with Gasteiger partial charge in [0, 0.05) is 12.3 Å². The summed E-state index contributed by atoms with van der Waals surface area (Å²) in [4.78, 5) is 0. The summed E-state index contributed by atoms with van der Waals surface area (Å²) in [5.74, 6) is -0.850. The summed E-state index contributed by atoms with van der Waals surface area (Å²) in [5.41, 5.74) is 0.481. The number of allylic oxidation sites excluding steroid dienone is 3. The third-order valence-corrected chi connectivity index (χ3v) is 5.75. The van der Waals surface area contributed by atoms with Gasteiger partial charge < -0.3 is 14.2 Å². The van der Waals surface area contributed by atoms with E-state index in [-0.39, 0.29) is 17.8 Å². The van der Waals surface area contributed by atoms with E-state index < -0.39 is 11.7 Å². The Morgan fingerprint density at radius 1 is 1.00 bits per heavy atom. The topological polar surface area (TPSA) is 27.7 Å². The fourth-order valence-corrected chi connectivity index (χ4v) is 3.82. The summed E-state index contributed by atoms with van der Waals surface area (Å²) in [6, 6.07) is 0. The Hall–Kier alpha value is -0.940. The molecule has 26 heavy (non-hydrogen) atoms. The molecule has 2 aliphatic carbocycles. The Bertz CT molecular complexity index is 507. The van der Waals surface area contributed by atoms with Crippen molar-refractivity contribution in [2.45, 2.75) is 77.9 Å². The first-order chi connectivity index (χ1) is 12.5. The predicted molar refractivity (Wildman–Crippen MR) is 99.1 cm³/mol. The number of hydrogen-bond acceptors (Lipinski definition) is 3. The Kier molecular flexibility index (Phi) is 8.55. The number of ether oxygens (including phenoxy) is 3. The third kappa shape index (κ3) is 5.78. The van der Waals surface area contributed by atoms with Crippen LogP contribution in [-0.2, 0) is 14.2 Å². The van der Waals surface area contributed by atoms with E-state index in [1.165, 1.54) is 26.4 Å². The molecule has 3 nitrogen and oxygen atoms in total. The van der Waals surface area contributed by atoms with E-state index in [0.717, 1.165) is 18.8 Å². The molecule has 2 atom stereocenters. The second kappa shape index (κ2) is 10.4. The molecule has 0 aromatic rings. The van der Waals surface area contributed by atoms with E-state index in [1.807, 2.05) is 13.8 Å². The van der Waals surface area contributed by atoms with Crippen LogP contribution >= 0.6 is 0 Å². The molecular formula is C21H34F2O3. The zero-order valence-corrected chi connectivity index (χ0v) is 16.7. The predicted octanol–water partition coefficient (Wildman–Crippen LogP) is 5.86. The van der Waals surface area contributed by atoms with Crippen molar-refractivity contribution in [1.29, 1.82) is 0 Å². The average molecular weight is 372 g/mol. The molecule has 2 unspecified atom stereocenters. The molecule has 0 saturated heterocycles. The van der Waals surface area contributed by atoms with E-state index in [1.54, 1.807) is 0 Å². The summed E-state index contributed by atoms with van der Waals surface area (Å²) >= 11 is 0. The maximum absolute atomic E-state index is 14.2. The van der Waals surface area contributed by atoms with E-state index in [4.69, 9.17) is 14.2 Å². The van der Waals surface area contributed by atoms with Crippen molar-refractivity contribution >= 4 is 0 Å². The zero-order valence-electron chi connectivity index (χ0n) is 16.7. The number of methoxy groups -OCH3 is 1. The Morgan fingerprint density at radius 3 is 2.31 bits per heavy atom. The highest BCUT2D eigenvalue weighted by Gasteiger charge is 2.27. The fraction of sp³-hybridized carbons (Fsp3) is 0.810. The van der Waals surface area contributed by atoms with Crippen LogP contribution < -0.4 is 0 Å². The largest absolute Gasteiger partial charge is 0.498 e. The van der Waals surface area contributed by atoms with Gasteiger partial charge in [-0.2, -0.15) is 0 Å². The zero-order chi connectivity index (χ0) is 19.1. The van der Waals surface area contributed by atoms with E-state index in [0.29, 0.717) is 37.7 Å². The van der Waals surface area contributed by atoms with Crippen molar-refractivity contribution in [2.24, 2.45) is 11.8 Å². The van der Waals surface area contributed by atoms with Gasteiger partial charge in [-0.25, -0.2) is 8.78 Å². The van der Waals surface area contributed by atoms with E-state index in [9.17, 15) is 8.78 Å². The quantitative estimate of drug-likeness (QED) is 0.507. The van der Waals surface area contributed by atoms with Crippen LogP contribution in [0.4, 0.5) is 8.78 Å². The van der Waals surface area contributed by atoms with Crippen LogP contribution in [0, 0.1) is 11.8 Å². The van der Waals surface area contributed by atoms with Crippen molar-refractivity contribution in [1.82, 2.24) is 0 Å². The van der Waals surface area contributed by atoms with Gasteiger partial charge in [0.25, 0.3) is 0 Å².